The third-order valence-electron chi connectivity index (χ3n) is 5.82. The van der Waals surface area contributed by atoms with E-state index in [1.54, 1.807) is 6.92 Å². The second-order valence-corrected chi connectivity index (χ2v) is 8.64. The lowest BCUT2D eigenvalue weighted by Gasteiger charge is -2.27. The Bertz CT molecular complexity index is 1050. The van der Waals surface area contributed by atoms with Crippen LogP contribution in [-0.2, 0) is 9.59 Å². The van der Waals surface area contributed by atoms with Crippen LogP contribution >= 0.6 is 15.9 Å². The minimum atomic E-state index is -0.495. The van der Waals surface area contributed by atoms with Gasteiger partial charge in [-0.25, -0.2) is 9.59 Å². The molecule has 0 heterocycles. The van der Waals surface area contributed by atoms with Crippen LogP contribution < -0.4 is 9.47 Å². The Labute approximate surface area is 172 Å². The monoisotopic (exact) mass is 440 g/mol. The first kappa shape index (κ1) is 18.9. The van der Waals surface area contributed by atoms with Gasteiger partial charge >= 0.3 is 11.9 Å². The standard InChI is InChI=1S/C23H21BrO4/c1-5-18(25)27-22-17-10-14(24)6-7-15(17)21(28-23(26)11(2)3)19-13-8-12(4)16(9-13)20(19)22/h5-7,10,12-13,16H,1-2,8-9H2,3-4H3. The van der Waals surface area contributed by atoms with Gasteiger partial charge in [0, 0.05) is 38.0 Å². The Kier molecular flexibility index (Phi) is 4.66. The maximum Gasteiger partial charge on any atom is 0.338 e. The highest BCUT2D eigenvalue weighted by Gasteiger charge is 2.47. The lowest BCUT2D eigenvalue weighted by Crippen LogP contribution is -2.16. The van der Waals surface area contributed by atoms with Gasteiger partial charge in [-0.2, -0.15) is 0 Å². The number of hydrogen-bond acceptors (Lipinski definition) is 4. The van der Waals surface area contributed by atoms with Crippen LogP contribution in [0.3, 0.4) is 0 Å². The van der Waals surface area contributed by atoms with E-state index in [9.17, 15) is 9.59 Å². The van der Waals surface area contributed by atoms with Crippen molar-refractivity contribution in [3.05, 3.63) is 58.6 Å². The average Bonchev–Trinajstić information content (AvgIpc) is 3.21. The van der Waals surface area contributed by atoms with Gasteiger partial charge in [-0.15, -0.1) is 0 Å². The molecule has 3 atom stereocenters. The number of esters is 2. The molecule has 3 unspecified atom stereocenters. The first-order chi connectivity index (χ1) is 13.3. The van der Waals surface area contributed by atoms with Crippen LogP contribution in [0.25, 0.3) is 10.8 Å². The predicted molar refractivity (Wildman–Crippen MR) is 112 cm³/mol. The molecule has 1 saturated carbocycles. The van der Waals surface area contributed by atoms with Crippen LogP contribution in [0.5, 0.6) is 11.5 Å². The van der Waals surface area contributed by atoms with Gasteiger partial charge in [0.15, 0.2) is 0 Å². The molecule has 5 heteroatoms. The van der Waals surface area contributed by atoms with Crippen LogP contribution in [0.1, 0.15) is 49.7 Å². The summed E-state index contributed by atoms with van der Waals surface area (Å²) in [5.74, 6) is 1.24. The van der Waals surface area contributed by atoms with Crippen LogP contribution in [0.2, 0.25) is 0 Å². The maximum absolute atomic E-state index is 12.4. The van der Waals surface area contributed by atoms with E-state index in [2.05, 4.69) is 36.0 Å². The molecule has 4 rings (SSSR count). The Morgan fingerprint density at radius 1 is 1.14 bits per heavy atom. The molecule has 2 aromatic rings. The second kappa shape index (κ2) is 6.89. The van der Waals surface area contributed by atoms with E-state index in [-0.39, 0.29) is 11.8 Å². The minimum absolute atomic E-state index is 0.276. The van der Waals surface area contributed by atoms with Crippen molar-refractivity contribution >= 4 is 38.6 Å². The Balaban J connectivity index is 2.05. The van der Waals surface area contributed by atoms with E-state index in [1.165, 1.54) is 6.08 Å². The number of fused-ring (bicyclic) bond motifs is 6. The molecule has 2 aliphatic rings. The van der Waals surface area contributed by atoms with E-state index in [1.807, 2.05) is 18.2 Å². The van der Waals surface area contributed by atoms with Gasteiger partial charge in [0.25, 0.3) is 0 Å². The average molecular weight is 441 g/mol. The molecule has 2 aromatic carbocycles. The molecular weight excluding hydrogens is 420 g/mol. The van der Waals surface area contributed by atoms with Crippen LogP contribution in [-0.4, -0.2) is 11.9 Å². The zero-order valence-electron chi connectivity index (χ0n) is 15.9. The molecule has 0 saturated heterocycles. The fourth-order valence-corrected chi connectivity index (χ4v) is 5.00. The molecular formula is C23H21BrO4. The molecule has 2 aliphatic carbocycles. The van der Waals surface area contributed by atoms with E-state index < -0.39 is 11.9 Å². The van der Waals surface area contributed by atoms with Gasteiger partial charge < -0.3 is 9.47 Å². The topological polar surface area (TPSA) is 52.6 Å². The van der Waals surface area contributed by atoms with Crippen molar-refractivity contribution in [2.45, 2.75) is 38.5 Å². The number of carbonyl (C=O) groups is 2. The minimum Gasteiger partial charge on any atom is -0.422 e. The molecule has 4 nitrogen and oxygen atoms in total. The van der Waals surface area contributed by atoms with Gasteiger partial charge in [-0.05, 0) is 55.7 Å². The van der Waals surface area contributed by atoms with Crippen molar-refractivity contribution < 1.29 is 19.1 Å². The van der Waals surface area contributed by atoms with Crippen LogP contribution in [0.15, 0.2) is 47.5 Å². The number of halogens is 1. The summed E-state index contributed by atoms with van der Waals surface area (Å²) in [5.41, 5.74) is 2.34. The normalized spacial score (nSPS) is 22.0. The van der Waals surface area contributed by atoms with Gasteiger partial charge in [0.2, 0.25) is 0 Å². The fourth-order valence-electron chi connectivity index (χ4n) is 4.64. The zero-order valence-corrected chi connectivity index (χ0v) is 17.5. The zero-order chi connectivity index (χ0) is 20.2. The summed E-state index contributed by atoms with van der Waals surface area (Å²) in [6, 6.07) is 5.68. The first-order valence-electron chi connectivity index (χ1n) is 9.32. The summed E-state index contributed by atoms with van der Waals surface area (Å²) in [7, 11) is 0. The number of ether oxygens (including phenoxy) is 2. The van der Waals surface area contributed by atoms with Crippen molar-refractivity contribution in [3.63, 3.8) is 0 Å². The number of hydrogen-bond donors (Lipinski definition) is 0. The highest BCUT2D eigenvalue weighted by Crippen LogP contribution is 2.63. The van der Waals surface area contributed by atoms with E-state index in [0.717, 1.165) is 39.2 Å². The summed E-state index contributed by atoms with van der Waals surface area (Å²) in [5, 5.41) is 1.50. The van der Waals surface area contributed by atoms with E-state index in [0.29, 0.717) is 23.0 Å². The van der Waals surface area contributed by atoms with Crippen molar-refractivity contribution in [2.75, 3.05) is 0 Å². The number of benzene rings is 2. The summed E-state index contributed by atoms with van der Waals surface area (Å²) < 4.78 is 12.4. The summed E-state index contributed by atoms with van der Waals surface area (Å²) in [6.07, 6.45) is 3.18. The molecule has 0 aliphatic heterocycles. The quantitative estimate of drug-likeness (QED) is 0.343. The largest absolute Gasteiger partial charge is 0.422 e. The lowest BCUT2D eigenvalue weighted by molar-refractivity contribution is -0.130. The van der Waals surface area contributed by atoms with Crippen LogP contribution in [0, 0.1) is 5.92 Å². The van der Waals surface area contributed by atoms with Crippen molar-refractivity contribution in [3.8, 4) is 11.5 Å². The molecule has 0 radical (unpaired) electrons. The number of rotatable bonds is 4. The van der Waals surface area contributed by atoms with E-state index in [4.69, 9.17) is 9.47 Å². The molecule has 2 bridgehead atoms. The maximum atomic E-state index is 12.4. The summed E-state index contributed by atoms with van der Waals surface area (Å²) >= 11 is 3.50. The Hall–Kier alpha value is -2.40. The highest BCUT2D eigenvalue weighted by atomic mass is 79.9. The molecule has 1 fully saturated rings. The van der Waals surface area contributed by atoms with Crippen LogP contribution in [0.4, 0.5) is 0 Å². The second-order valence-electron chi connectivity index (χ2n) is 7.72. The van der Waals surface area contributed by atoms with Gasteiger partial charge in [0.1, 0.15) is 11.5 Å². The predicted octanol–water partition coefficient (Wildman–Crippen LogP) is 5.79. The van der Waals surface area contributed by atoms with Gasteiger partial charge in [-0.1, -0.05) is 36.0 Å². The summed E-state index contributed by atoms with van der Waals surface area (Å²) in [4.78, 5) is 24.5. The summed E-state index contributed by atoms with van der Waals surface area (Å²) in [6.45, 7) is 11.1. The molecule has 0 spiro atoms. The van der Waals surface area contributed by atoms with E-state index >= 15 is 0 Å². The molecule has 0 N–H and O–H groups in total. The number of carbonyl (C=O) groups excluding carboxylic acids is 2. The van der Waals surface area contributed by atoms with Gasteiger partial charge in [0.05, 0.1) is 0 Å². The highest BCUT2D eigenvalue weighted by molar-refractivity contribution is 9.10. The van der Waals surface area contributed by atoms with Crippen molar-refractivity contribution in [2.24, 2.45) is 5.92 Å². The lowest BCUT2D eigenvalue weighted by atomic mass is 9.82. The molecule has 28 heavy (non-hydrogen) atoms. The third kappa shape index (κ3) is 2.89. The molecule has 144 valence electrons. The molecule has 0 aromatic heterocycles. The third-order valence-corrected chi connectivity index (χ3v) is 6.32. The molecule has 0 amide bonds. The Morgan fingerprint density at radius 3 is 2.54 bits per heavy atom. The SMILES string of the molecule is C=CC(=O)Oc1c2c(c(OC(=O)C(=C)C)c3ccc(Br)cc13)C1CC(C)C2C1. The smallest absolute Gasteiger partial charge is 0.338 e. The first-order valence-corrected chi connectivity index (χ1v) is 10.1. The fraction of sp³-hybridized carbons (Fsp3) is 0.304. The van der Waals surface area contributed by atoms with Crippen molar-refractivity contribution in [1.82, 2.24) is 0 Å². The van der Waals surface area contributed by atoms with Crippen molar-refractivity contribution in [1.29, 1.82) is 0 Å². The Morgan fingerprint density at radius 2 is 1.86 bits per heavy atom. The van der Waals surface area contributed by atoms with Gasteiger partial charge in [-0.3, -0.25) is 0 Å².